The van der Waals surface area contributed by atoms with Crippen molar-refractivity contribution in [3.05, 3.63) is 99.6 Å². The Morgan fingerprint density at radius 1 is 0.968 bits per heavy atom. The molecule has 3 unspecified atom stereocenters. The Balaban J connectivity index is 0.769. The number of aromatic nitrogens is 1. The molecule has 0 bridgehead atoms. The number of nitrogens with one attached hydrogen (secondary N) is 3. The second-order valence-electron chi connectivity index (χ2n) is 18.0. The highest BCUT2D eigenvalue weighted by atomic mass is 16.5. The Morgan fingerprint density at radius 2 is 1.76 bits per heavy atom. The number of methoxy groups -OCH3 is 1. The van der Waals surface area contributed by atoms with Crippen LogP contribution in [0.4, 0.5) is 10.6 Å². The number of piperidine rings is 1. The molecule has 15 nitrogen and oxygen atoms in total. The number of carbonyl (C=O) groups is 3. The summed E-state index contributed by atoms with van der Waals surface area (Å²) < 4.78 is 8.32. The number of phenolic OH excluding ortho intramolecular Hbond substituents is 1. The van der Waals surface area contributed by atoms with Crippen molar-refractivity contribution < 1.29 is 24.2 Å². The minimum absolute atomic E-state index is 0.0105. The highest BCUT2D eigenvalue weighted by molar-refractivity contribution is 5.98. The lowest BCUT2D eigenvalue weighted by Crippen LogP contribution is -2.54. The Kier molecular flexibility index (Phi) is 11.7. The predicted molar refractivity (Wildman–Crippen MR) is 237 cm³/mol. The Labute approximate surface area is 363 Å². The van der Waals surface area contributed by atoms with Crippen molar-refractivity contribution in [3.63, 3.8) is 0 Å². The molecule has 2 aromatic carbocycles. The van der Waals surface area contributed by atoms with Crippen LogP contribution in [0, 0.1) is 19.8 Å². The number of rotatable bonds is 9. The van der Waals surface area contributed by atoms with E-state index in [1.165, 1.54) is 16.7 Å². The number of amides is 4. The van der Waals surface area contributed by atoms with Gasteiger partial charge < -0.3 is 34.8 Å². The highest BCUT2D eigenvalue weighted by Gasteiger charge is 2.35. The number of para-hydroxylation sites is 1. The molecule has 6 heterocycles. The number of fused-ring (bicyclic) bond motifs is 1. The summed E-state index contributed by atoms with van der Waals surface area (Å²) in [5.74, 6) is 2.38. The topological polar surface area (TPSA) is 173 Å². The summed E-state index contributed by atoms with van der Waals surface area (Å²) in [6.45, 7) is 10.3. The maximum Gasteiger partial charge on any atom is 0.324 e. The number of carbonyl (C=O) groups excluding carboxylic acids is 3. The molecule has 62 heavy (non-hydrogen) atoms. The zero-order chi connectivity index (χ0) is 43.1. The fraction of sp³-hybridized carbons (Fsp3) is 0.489. The van der Waals surface area contributed by atoms with E-state index in [1.54, 1.807) is 24.1 Å². The van der Waals surface area contributed by atoms with Gasteiger partial charge in [0, 0.05) is 113 Å². The third-order valence-corrected chi connectivity index (χ3v) is 14.1. The number of phenols is 1. The van der Waals surface area contributed by atoms with Crippen LogP contribution >= 0.6 is 0 Å². The van der Waals surface area contributed by atoms with Crippen LogP contribution in [0.25, 0.3) is 5.70 Å². The zero-order valence-electron chi connectivity index (χ0n) is 36.1. The van der Waals surface area contributed by atoms with Gasteiger partial charge in [-0.1, -0.05) is 18.2 Å². The van der Waals surface area contributed by atoms with Gasteiger partial charge in [-0.2, -0.15) is 0 Å². The van der Waals surface area contributed by atoms with Gasteiger partial charge in [-0.05, 0) is 98.9 Å². The van der Waals surface area contributed by atoms with E-state index in [0.717, 1.165) is 106 Å². The molecule has 3 aromatic rings. The minimum Gasteiger partial charge on any atom is -0.507 e. The third kappa shape index (κ3) is 8.39. The number of ether oxygens (including phenoxy) is 1. The largest absolute Gasteiger partial charge is 0.507 e. The van der Waals surface area contributed by atoms with Gasteiger partial charge >= 0.3 is 6.03 Å². The van der Waals surface area contributed by atoms with Crippen molar-refractivity contribution in [2.75, 3.05) is 59.5 Å². The van der Waals surface area contributed by atoms with Crippen molar-refractivity contribution in [2.45, 2.75) is 82.9 Å². The number of imide groups is 1. The van der Waals surface area contributed by atoms with Gasteiger partial charge in [0.1, 0.15) is 17.4 Å². The van der Waals surface area contributed by atoms with E-state index in [0.29, 0.717) is 42.9 Å². The molecule has 4 fully saturated rings. The van der Waals surface area contributed by atoms with Crippen molar-refractivity contribution in [1.82, 2.24) is 40.3 Å². The van der Waals surface area contributed by atoms with E-state index in [4.69, 9.17) is 15.5 Å². The molecule has 6 aliphatic rings. The number of piperazine rings is 1. The molecule has 9 rings (SSSR count). The van der Waals surface area contributed by atoms with Crippen LogP contribution in [0.1, 0.15) is 88.7 Å². The summed E-state index contributed by atoms with van der Waals surface area (Å²) in [6.07, 6.45) is 12.5. The monoisotopic (exact) mass is 844 g/mol. The summed E-state index contributed by atoms with van der Waals surface area (Å²) in [4.78, 5) is 51.5. The number of hydrogen-bond donors (Lipinski definition) is 5. The molecule has 0 spiro atoms. The maximum absolute atomic E-state index is 13.9. The van der Waals surface area contributed by atoms with Gasteiger partial charge in [0.2, 0.25) is 5.91 Å². The first-order chi connectivity index (χ1) is 30.0. The first-order valence-electron chi connectivity index (χ1n) is 22.3. The lowest BCUT2D eigenvalue weighted by Gasteiger charge is -2.41. The molecule has 3 saturated heterocycles. The van der Waals surface area contributed by atoms with Gasteiger partial charge in [-0.25, -0.2) is 9.79 Å². The Bertz CT molecular complexity index is 2300. The van der Waals surface area contributed by atoms with Crippen molar-refractivity contribution in [1.29, 1.82) is 0 Å². The number of aryl methyl sites for hydroxylation is 2. The van der Waals surface area contributed by atoms with Gasteiger partial charge in [0.05, 0.1) is 23.5 Å². The summed E-state index contributed by atoms with van der Waals surface area (Å²) >= 11 is 0. The maximum atomic E-state index is 13.9. The van der Waals surface area contributed by atoms with Gasteiger partial charge in [0.15, 0.2) is 0 Å². The molecule has 4 amide bonds. The van der Waals surface area contributed by atoms with E-state index in [9.17, 15) is 19.5 Å². The first kappa shape index (κ1) is 41.5. The number of nitrogens with zero attached hydrogens (tertiary/aromatic N) is 6. The quantitative estimate of drug-likeness (QED) is 0.204. The molecular weight excluding hydrogens is 785 g/mol. The summed E-state index contributed by atoms with van der Waals surface area (Å²) in [5.41, 5.74) is 20.4. The number of benzene rings is 2. The van der Waals surface area contributed by atoms with Crippen molar-refractivity contribution in [3.8, 4) is 5.75 Å². The average molecular weight is 845 g/mol. The lowest BCUT2D eigenvalue weighted by molar-refractivity contribution is -0.121. The van der Waals surface area contributed by atoms with Gasteiger partial charge in [0.25, 0.3) is 5.91 Å². The lowest BCUT2D eigenvalue weighted by atomic mass is 9.85. The van der Waals surface area contributed by atoms with Crippen molar-refractivity contribution in [2.24, 2.45) is 16.6 Å². The van der Waals surface area contributed by atoms with Crippen molar-refractivity contribution >= 4 is 35.6 Å². The van der Waals surface area contributed by atoms with Crippen LogP contribution in [-0.4, -0.2) is 125 Å². The van der Waals surface area contributed by atoms with Crippen LogP contribution in [0.15, 0.2) is 71.2 Å². The normalized spacial score (nSPS) is 25.8. The zero-order valence-corrected chi connectivity index (χ0v) is 36.1. The molecule has 5 aliphatic heterocycles. The number of allylic oxidation sites excluding steroid dienone is 1. The van der Waals surface area contributed by atoms with Crippen LogP contribution in [0.2, 0.25) is 0 Å². The number of urea groups is 1. The summed E-state index contributed by atoms with van der Waals surface area (Å²) in [6, 6.07) is 13.3. The van der Waals surface area contributed by atoms with E-state index in [1.807, 2.05) is 35.4 Å². The average Bonchev–Trinajstić information content (AvgIpc) is 3.61. The molecular formula is C47H60N10O5. The fourth-order valence-corrected chi connectivity index (χ4v) is 10.6. The number of nitrogens with two attached hydrogens (primary N) is 1. The van der Waals surface area contributed by atoms with Gasteiger partial charge in [-0.3, -0.25) is 30.7 Å². The second-order valence-corrected chi connectivity index (χ2v) is 18.0. The predicted octanol–water partition coefficient (Wildman–Crippen LogP) is 4.65. The molecule has 0 radical (unpaired) electrons. The highest BCUT2D eigenvalue weighted by Crippen LogP contribution is 2.40. The number of likely N-dealkylation sites (tertiary alicyclic amines) is 1. The van der Waals surface area contributed by atoms with Crippen LogP contribution in [0.3, 0.4) is 0 Å². The molecule has 1 saturated carbocycles. The third-order valence-electron chi connectivity index (χ3n) is 14.1. The number of hydrazine groups is 1. The molecule has 6 N–H and O–H groups in total. The molecule has 1 aromatic heterocycles. The minimum atomic E-state index is -0.327. The SMILES string of the molecule is COC1CC(c2ccc(C(=O)N3CCN(CC4CCC(n5cc(C)c6c5N=CC(N5CCC(=O)NC5=O)C6)CC4)CC3)cc2C)CN(C2=C(N)NNC(c3ccccc3O)=C2)C1. The summed E-state index contributed by atoms with van der Waals surface area (Å²) in [5, 5.41) is 13.0. The first-order valence-corrected chi connectivity index (χ1v) is 22.3. The van der Waals surface area contributed by atoms with Crippen LogP contribution in [0.5, 0.6) is 5.75 Å². The molecule has 328 valence electrons. The molecule has 15 heteroatoms. The molecule has 1 aliphatic carbocycles. The van der Waals surface area contributed by atoms with Gasteiger partial charge in [-0.15, -0.1) is 0 Å². The Morgan fingerprint density at radius 3 is 2.50 bits per heavy atom. The Hall–Kier alpha value is -5.80. The number of aliphatic imine (C=N–C) groups is 1. The van der Waals surface area contributed by atoms with E-state index >= 15 is 0 Å². The summed E-state index contributed by atoms with van der Waals surface area (Å²) in [7, 11) is 1.75. The number of aromatic hydroxyl groups is 1. The standard InChI is InChI=1S/C47H60N10O5/c1-29-20-32(10-13-37(29)33-21-36(62-3)28-55(27-33)41-23-40(51-52-44(41)48)38-6-4-5-7-42(38)58)46(60)54-18-16-53(17-19-54)26-31-8-11-34(12-9-31)57-25-30(2)39-22-35(24-49-45(39)57)56-15-14-43(59)50-47(56)61/h4-7,10,13,20,23-25,31,33-36,51-52,58H,8-9,11-12,14-19,21-22,26-28,48H2,1-3H3,(H,50,59,61). The van der Waals surface area contributed by atoms with E-state index < -0.39 is 0 Å². The smallest absolute Gasteiger partial charge is 0.324 e. The van der Waals surface area contributed by atoms with Crippen LogP contribution < -0.4 is 21.9 Å². The fourth-order valence-electron chi connectivity index (χ4n) is 10.6. The molecule has 3 atom stereocenters. The van der Waals surface area contributed by atoms with E-state index in [2.05, 4.69) is 62.7 Å². The van der Waals surface area contributed by atoms with E-state index in [-0.39, 0.29) is 41.7 Å². The number of hydrogen-bond acceptors (Lipinski definition) is 11. The van der Waals surface area contributed by atoms with Crippen LogP contribution in [-0.2, 0) is 16.0 Å². The second kappa shape index (κ2) is 17.5.